The van der Waals surface area contributed by atoms with Gasteiger partial charge in [0.2, 0.25) is 5.91 Å². The molecule has 0 spiro atoms. The van der Waals surface area contributed by atoms with E-state index in [2.05, 4.69) is 53.0 Å². The smallest absolute Gasteiger partial charge is 0.319 e. The number of rotatable bonds is 7. The summed E-state index contributed by atoms with van der Waals surface area (Å²) in [4.78, 5) is 28.4. The average Bonchev–Trinajstić information content (AvgIpc) is 2.73. The van der Waals surface area contributed by atoms with E-state index in [0.717, 1.165) is 5.56 Å². The second kappa shape index (κ2) is 10.2. The van der Waals surface area contributed by atoms with Crippen LogP contribution in [0.15, 0.2) is 67.0 Å². The maximum absolute atomic E-state index is 12.3. The molecule has 3 amide bonds. The van der Waals surface area contributed by atoms with Crippen LogP contribution in [0.4, 0.5) is 16.2 Å². The van der Waals surface area contributed by atoms with Crippen molar-refractivity contribution < 1.29 is 9.59 Å². The minimum Gasteiger partial charge on any atom is -0.334 e. The van der Waals surface area contributed by atoms with E-state index in [9.17, 15) is 9.59 Å². The summed E-state index contributed by atoms with van der Waals surface area (Å²) in [6, 6.07) is 16.7. The molecule has 0 aliphatic heterocycles. The Hall–Kier alpha value is -3.67. The number of amides is 3. The normalized spacial score (nSPS) is 10.3. The van der Waals surface area contributed by atoms with Crippen molar-refractivity contribution in [2.75, 3.05) is 10.6 Å². The third-order valence-corrected chi connectivity index (χ3v) is 4.73. The van der Waals surface area contributed by atoms with Crippen LogP contribution in [0.3, 0.4) is 0 Å². The topological polar surface area (TPSA) is 83.1 Å². The minimum atomic E-state index is -0.315. The van der Waals surface area contributed by atoms with E-state index in [1.54, 1.807) is 36.7 Å². The first kappa shape index (κ1) is 21.0. The van der Waals surface area contributed by atoms with Crippen LogP contribution in [0.5, 0.6) is 0 Å². The van der Waals surface area contributed by atoms with Gasteiger partial charge in [-0.15, -0.1) is 0 Å². The minimum absolute atomic E-state index is 0.0609. The van der Waals surface area contributed by atoms with Crippen molar-refractivity contribution in [2.24, 2.45) is 0 Å². The van der Waals surface area contributed by atoms with Crippen LogP contribution in [0.1, 0.15) is 28.7 Å². The molecule has 3 rings (SSSR count). The Morgan fingerprint density at radius 3 is 2.37 bits per heavy atom. The molecule has 2 aromatic carbocycles. The second-order valence-electron chi connectivity index (χ2n) is 7.22. The van der Waals surface area contributed by atoms with Crippen LogP contribution in [-0.2, 0) is 17.8 Å². The maximum Gasteiger partial charge on any atom is 0.319 e. The molecular formula is C24H26N4O2. The fourth-order valence-electron chi connectivity index (χ4n) is 3.13. The van der Waals surface area contributed by atoms with Gasteiger partial charge in [0.05, 0.1) is 0 Å². The van der Waals surface area contributed by atoms with Crippen molar-refractivity contribution in [1.82, 2.24) is 10.3 Å². The van der Waals surface area contributed by atoms with Crippen LogP contribution in [0, 0.1) is 13.8 Å². The number of carbonyl (C=O) groups is 2. The molecule has 0 fully saturated rings. The van der Waals surface area contributed by atoms with Crippen molar-refractivity contribution in [3.8, 4) is 0 Å². The van der Waals surface area contributed by atoms with Crippen molar-refractivity contribution in [1.29, 1.82) is 0 Å². The van der Waals surface area contributed by atoms with Gasteiger partial charge in [-0.3, -0.25) is 9.78 Å². The van der Waals surface area contributed by atoms with Gasteiger partial charge in [0.1, 0.15) is 0 Å². The molecule has 3 N–H and O–H groups in total. The summed E-state index contributed by atoms with van der Waals surface area (Å²) >= 11 is 0. The summed E-state index contributed by atoms with van der Waals surface area (Å²) in [5.74, 6) is -0.0609. The Balaban J connectivity index is 1.49. The Morgan fingerprint density at radius 2 is 1.63 bits per heavy atom. The Kier molecular flexibility index (Phi) is 7.16. The molecule has 0 unspecified atom stereocenters. The molecule has 1 heterocycles. The Morgan fingerprint density at radius 1 is 0.900 bits per heavy atom. The highest BCUT2D eigenvalue weighted by Gasteiger charge is 2.07. The molecule has 1 aromatic heterocycles. The zero-order chi connectivity index (χ0) is 21.3. The van der Waals surface area contributed by atoms with Gasteiger partial charge in [-0.05, 0) is 67.3 Å². The van der Waals surface area contributed by atoms with Crippen molar-refractivity contribution in [3.63, 3.8) is 0 Å². The van der Waals surface area contributed by atoms with E-state index >= 15 is 0 Å². The van der Waals surface area contributed by atoms with Crippen LogP contribution in [0.2, 0.25) is 0 Å². The molecule has 154 valence electrons. The van der Waals surface area contributed by atoms with Crippen molar-refractivity contribution in [3.05, 3.63) is 89.2 Å². The Labute approximate surface area is 176 Å². The number of aryl methyl sites for hydroxylation is 3. The number of anilines is 2. The lowest BCUT2D eigenvalue weighted by atomic mass is 10.0. The van der Waals surface area contributed by atoms with E-state index in [-0.39, 0.29) is 11.9 Å². The monoisotopic (exact) mass is 402 g/mol. The number of aromatic nitrogens is 1. The largest absolute Gasteiger partial charge is 0.334 e. The number of carbonyl (C=O) groups excluding carboxylic acids is 2. The van der Waals surface area contributed by atoms with Gasteiger partial charge in [0.15, 0.2) is 0 Å². The quantitative estimate of drug-likeness (QED) is 0.540. The van der Waals surface area contributed by atoms with Crippen molar-refractivity contribution >= 4 is 23.3 Å². The molecule has 0 aliphatic rings. The summed E-state index contributed by atoms with van der Waals surface area (Å²) in [5, 5.41) is 8.47. The molecule has 6 heteroatoms. The summed E-state index contributed by atoms with van der Waals surface area (Å²) < 4.78 is 0. The fourth-order valence-corrected chi connectivity index (χ4v) is 3.13. The molecule has 3 aromatic rings. The van der Waals surface area contributed by atoms with Crippen molar-refractivity contribution in [2.45, 2.75) is 33.2 Å². The molecule has 0 bridgehead atoms. The number of hydrogen-bond donors (Lipinski definition) is 3. The fraction of sp³-hybridized carbons (Fsp3) is 0.208. The lowest BCUT2D eigenvalue weighted by Gasteiger charge is -2.11. The van der Waals surface area contributed by atoms with Gasteiger partial charge in [0.25, 0.3) is 0 Å². The lowest BCUT2D eigenvalue weighted by Crippen LogP contribution is -2.28. The van der Waals surface area contributed by atoms with E-state index in [4.69, 9.17) is 0 Å². The van der Waals surface area contributed by atoms with Gasteiger partial charge in [-0.2, -0.15) is 0 Å². The number of nitrogens with one attached hydrogen (secondary N) is 3. The second-order valence-corrected chi connectivity index (χ2v) is 7.22. The van der Waals surface area contributed by atoms with E-state index in [1.165, 1.54) is 16.7 Å². The number of nitrogens with zero attached hydrogens (tertiary/aromatic N) is 1. The highest BCUT2D eigenvalue weighted by molar-refractivity contribution is 5.93. The summed E-state index contributed by atoms with van der Waals surface area (Å²) in [7, 11) is 0. The number of urea groups is 1. The van der Waals surface area contributed by atoms with Crippen LogP contribution >= 0.6 is 0 Å². The highest BCUT2D eigenvalue weighted by atomic mass is 16.2. The summed E-state index contributed by atoms with van der Waals surface area (Å²) in [6.45, 7) is 4.53. The standard InChI is InChI=1S/C24H26N4O2/c1-17-6-7-20(18(2)14-17)8-9-23(29)27-21-4-3-5-22(15-21)28-24(30)26-16-19-10-12-25-13-11-19/h3-7,10-15H,8-9,16H2,1-2H3,(H,27,29)(H2,26,28,30). The number of benzene rings is 2. The SMILES string of the molecule is Cc1ccc(CCC(=O)Nc2cccc(NC(=O)NCc3ccncc3)c2)c(C)c1. The summed E-state index contributed by atoms with van der Waals surface area (Å²) in [5.41, 5.74) is 5.81. The molecule has 6 nitrogen and oxygen atoms in total. The van der Waals surface area contributed by atoms with Crippen LogP contribution in [-0.4, -0.2) is 16.9 Å². The van der Waals surface area contributed by atoms with E-state index < -0.39 is 0 Å². The zero-order valence-electron chi connectivity index (χ0n) is 17.2. The van der Waals surface area contributed by atoms with Gasteiger partial charge < -0.3 is 16.0 Å². The predicted octanol–water partition coefficient (Wildman–Crippen LogP) is 4.59. The number of pyridine rings is 1. The first-order valence-corrected chi connectivity index (χ1v) is 9.89. The molecular weight excluding hydrogens is 376 g/mol. The van der Waals surface area contributed by atoms with Gasteiger partial charge in [-0.1, -0.05) is 29.8 Å². The third kappa shape index (κ3) is 6.44. The first-order valence-electron chi connectivity index (χ1n) is 9.89. The molecule has 0 saturated carbocycles. The zero-order valence-corrected chi connectivity index (χ0v) is 17.2. The van der Waals surface area contributed by atoms with Crippen LogP contribution < -0.4 is 16.0 Å². The molecule has 0 atom stereocenters. The summed E-state index contributed by atoms with van der Waals surface area (Å²) in [6.07, 6.45) is 4.45. The molecule has 30 heavy (non-hydrogen) atoms. The highest BCUT2D eigenvalue weighted by Crippen LogP contribution is 2.17. The van der Waals surface area contributed by atoms with Gasteiger partial charge in [0, 0.05) is 36.7 Å². The molecule has 0 radical (unpaired) electrons. The molecule has 0 aliphatic carbocycles. The molecule has 0 saturated heterocycles. The lowest BCUT2D eigenvalue weighted by molar-refractivity contribution is -0.116. The van der Waals surface area contributed by atoms with Gasteiger partial charge in [-0.25, -0.2) is 4.79 Å². The first-order chi connectivity index (χ1) is 14.5. The number of hydrogen-bond acceptors (Lipinski definition) is 3. The van der Waals surface area contributed by atoms with E-state index in [1.807, 2.05) is 12.1 Å². The maximum atomic E-state index is 12.3. The van der Waals surface area contributed by atoms with Crippen LogP contribution in [0.25, 0.3) is 0 Å². The third-order valence-electron chi connectivity index (χ3n) is 4.73. The Bertz CT molecular complexity index is 1020. The predicted molar refractivity (Wildman–Crippen MR) is 119 cm³/mol. The van der Waals surface area contributed by atoms with E-state index in [0.29, 0.717) is 30.8 Å². The average molecular weight is 402 g/mol. The van der Waals surface area contributed by atoms with Gasteiger partial charge >= 0.3 is 6.03 Å².